The fourth-order valence-corrected chi connectivity index (χ4v) is 2.20. The van der Waals surface area contributed by atoms with Gasteiger partial charge in [-0.05, 0) is 5.56 Å². The smallest absolute Gasteiger partial charge is 0.144 e. The van der Waals surface area contributed by atoms with Crippen LogP contribution in [0.25, 0.3) is 0 Å². The van der Waals surface area contributed by atoms with Crippen LogP contribution in [0.5, 0.6) is 0 Å². The highest BCUT2D eigenvalue weighted by molar-refractivity contribution is 5.29. The van der Waals surface area contributed by atoms with Gasteiger partial charge in [-0.1, -0.05) is 30.3 Å². The molecule has 1 aromatic rings. The topological polar surface area (TPSA) is 33.8 Å². The second kappa shape index (κ2) is 3.59. The number of hydrogen-bond acceptors (Lipinski definition) is 3. The summed E-state index contributed by atoms with van der Waals surface area (Å²) in [7, 11) is 0. The van der Waals surface area contributed by atoms with Gasteiger partial charge >= 0.3 is 0 Å². The van der Waals surface area contributed by atoms with Crippen molar-refractivity contribution in [2.75, 3.05) is 26.3 Å². The van der Waals surface area contributed by atoms with Crippen molar-refractivity contribution in [2.24, 2.45) is 0 Å². The zero-order valence-corrected chi connectivity index (χ0v) is 8.61. The Balaban J connectivity index is 1.84. The number of morpholine rings is 1. The fraction of sp³-hybridized carbons (Fsp3) is 0.500. The zero-order chi connectivity index (χ0) is 10.1. The van der Waals surface area contributed by atoms with E-state index in [1.807, 2.05) is 6.07 Å². The van der Waals surface area contributed by atoms with E-state index in [9.17, 15) is 0 Å². The first-order valence-electron chi connectivity index (χ1n) is 5.44. The molecule has 1 N–H and O–H groups in total. The summed E-state index contributed by atoms with van der Waals surface area (Å²) in [6, 6.07) is 10.4. The van der Waals surface area contributed by atoms with Gasteiger partial charge in [-0.2, -0.15) is 0 Å². The van der Waals surface area contributed by atoms with E-state index in [1.165, 1.54) is 5.56 Å². The number of benzene rings is 1. The number of epoxide rings is 1. The van der Waals surface area contributed by atoms with Gasteiger partial charge in [-0.25, -0.2) is 0 Å². The molecular formula is C12H15NO2. The molecule has 2 fully saturated rings. The standard InChI is InChI=1S/C12H15NO2/c1-2-4-10(5-3-1)12(9-15-12)11-8-13-6-7-14-11/h1-5,11,13H,6-9H2. The fourth-order valence-electron chi connectivity index (χ4n) is 2.20. The van der Waals surface area contributed by atoms with E-state index in [0.29, 0.717) is 0 Å². The van der Waals surface area contributed by atoms with Crippen LogP contribution in [0, 0.1) is 0 Å². The third kappa shape index (κ3) is 1.57. The van der Waals surface area contributed by atoms with Gasteiger partial charge in [0.2, 0.25) is 0 Å². The molecule has 3 nitrogen and oxygen atoms in total. The van der Waals surface area contributed by atoms with E-state index >= 15 is 0 Å². The minimum absolute atomic E-state index is 0.161. The Kier molecular flexibility index (Phi) is 2.24. The minimum Gasteiger partial charge on any atom is -0.372 e. The van der Waals surface area contributed by atoms with Crippen LogP contribution in [0.2, 0.25) is 0 Å². The summed E-state index contributed by atoms with van der Waals surface area (Å²) in [4.78, 5) is 0. The van der Waals surface area contributed by atoms with Crippen molar-refractivity contribution in [1.82, 2.24) is 5.32 Å². The van der Waals surface area contributed by atoms with Crippen molar-refractivity contribution in [1.29, 1.82) is 0 Å². The van der Waals surface area contributed by atoms with Crippen molar-refractivity contribution in [3.63, 3.8) is 0 Å². The van der Waals surface area contributed by atoms with Crippen LogP contribution in [-0.4, -0.2) is 32.4 Å². The second-order valence-corrected chi connectivity index (χ2v) is 4.11. The van der Waals surface area contributed by atoms with Crippen LogP contribution < -0.4 is 5.32 Å². The molecule has 0 bridgehead atoms. The molecule has 80 valence electrons. The van der Waals surface area contributed by atoms with Crippen LogP contribution in [0.1, 0.15) is 5.56 Å². The average molecular weight is 205 g/mol. The van der Waals surface area contributed by atoms with Crippen molar-refractivity contribution in [3.8, 4) is 0 Å². The van der Waals surface area contributed by atoms with Gasteiger partial charge in [-0.3, -0.25) is 0 Å². The Morgan fingerprint density at radius 3 is 2.67 bits per heavy atom. The lowest BCUT2D eigenvalue weighted by Crippen LogP contribution is -2.45. The first-order chi connectivity index (χ1) is 7.42. The summed E-state index contributed by atoms with van der Waals surface area (Å²) in [5.74, 6) is 0. The predicted molar refractivity (Wildman–Crippen MR) is 56.7 cm³/mol. The van der Waals surface area contributed by atoms with E-state index in [2.05, 4.69) is 29.6 Å². The van der Waals surface area contributed by atoms with Gasteiger partial charge in [-0.15, -0.1) is 0 Å². The Morgan fingerprint density at radius 1 is 1.27 bits per heavy atom. The number of nitrogens with one attached hydrogen (secondary N) is 1. The molecule has 0 spiro atoms. The summed E-state index contributed by atoms with van der Waals surface area (Å²) >= 11 is 0. The summed E-state index contributed by atoms with van der Waals surface area (Å²) < 4.78 is 11.4. The molecule has 1 aromatic carbocycles. The molecule has 15 heavy (non-hydrogen) atoms. The molecule has 2 aliphatic heterocycles. The molecule has 3 heteroatoms. The molecule has 0 saturated carbocycles. The van der Waals surface area contributed by atoms with Gasteiger partial charge in [0.15, 0.2) is 0 Å². The summed E-state index contributed by atoms with van der Waals surface area (Å²) in [5.41, 5.74) is 1.06. The van der Waals surface area contributed by atoms with E-state index < -0.39 is 0 Å². The predicted octanol–water partition coefficient (Wildman–Crippen LogP) is 0.900. The molecule has 0 aromatic heterocycles. The number of hydrogen-bond donors (Lipinski definition) is 1. The van der Waals surface area contributed by atoms with Gasteiger partial charge in [0.25, 0.3) is 0 Å². The zero-order valence-electron chi connectivity index (χ0n) is 8.61. The van der Waals surface area contributed by atoms with Gasteiger partial charge in [0, 0.05) is 13.1 Å². The monoisotopic (exact) mass is 205 g/mol. The third-order valence-corrected chi connectivity index (χ3v) is 3.17. The Hall–Kier alpha value is -0.900. The van der Waals surface area contributed by atoms with Gasteiger partial charge in [0.05, 0.1) is 13.2 Å². The maximum absolute atomic E-state index is 5.77. The summed E-state index contributed by atoms with van der Waals surface area (Å²) in [6.07, 6.45) is 0.161. The summed E-state index contributed by atoms with van der Waals surface area (Å²) in [6.45, 7) is 3.39. The molecule has 2 heterocycles. The number of rotatable bonds is 2. The molecule has 2 atom stereocenters. The quantitative estimate of drug-likeness (QED) is 0.728. The third-order valence-electron chi connectivity index (χ3n) is 3.17. The highest BCUT2D eigenvalue weighted by Gasteiger charge is 2.54. The SMILES string of the molecule is c1ccc(C2(C3CNCCO3)CO2)cc1. The minimum atomic E-state index is -0.172. The normalized spacial score (nSPS) is 35.1. The van der Waals surface area contributed by atoms with Crippen LogP contribution >= 0.6 is 0 Å². The van der Waals surface area contributed by atoms with Gasteiger partial charge < -0.3 is 14.8 Å². The molecule has 2 saturated heterocycles. The van der Waals surface area contributed by atoms with E-state index in [0.717, 1.165) is 26.3 Å². The first-order valence-corrected chi connectivity index (χ1v) is 5.44. The van der Waals surface area contributed by atoms with E-state index in [-0.39, 0.29) is 11.7 Å². The molecule has 2 unspecified atom stereocenters. The van der Waals surface area contributed by atoms with E-state index in [1.54, 1.807) is 0 Å². The van der Waals surface area contributed by atoms with E-state index in [4.69, 9.17) is 9.47 Å². The van der Waals surface area contributed by atoms with Crippen LogP contribution in [0.4, 0.5) is 0 Å². The highest BCUT2D eigenvalue weighted by Crippen LogP contribution is 2.43. The number of ether oxygens (including phenoxy) is 2. The highest BCUT2D eigenvalue weighted by atomic mass is 16.6. The largest absolute Gasteiger partial charge is 0.372 e. The summed E-state index contributed by atoms with van der Waals surface area (Å²) in [5, 5.41) is 3.35. The molecule has 3 rings (SSSR count). The lowest BCUT2D eigenvalue weighted by molar-refractivity contribution is -0.0249. The van der Waals surface area contributed by atoms with Crippen molar-refractivity contribution < 1.29 is 9.47 Å². The molecule has 2 aliphatic rings. The maximum atomic E-state index is 5.77. The van der Waals surface area contributed by atoms with Crippen molar-refractivity contribution in [2.45, 2.75) is 11.7 Å². The lowest BCUT2D eigenvalue weighted by Gasteiger charge is -2.29. The Labute approximate surface area is 89.4 Å². The lowest BCUT2D eigenvalue weighted by atomic mass is 9.93. The second-order valence-electron chi connectivity index (χ2n) is 4.11. The van der Waals surface area contributed by atoms with Crippen molar-refractivity contribution in [3.05, 3.63) is 35.9 Å². The molecule has 0 aliphatic carbocycles. The van der Waals surface area contributed by atoms with Crippen LogP contribution in [0.3, 0.4) is 0 Å². The Morgan fingerprint density at radius 2 is 2.07 bits per heavy atom. The van der Waals surface area contributed by atoms with Crippen LogP contribution in [0.15, 0.2) is 30.3 Å². The van der Waals surface area contributed by atoms with Crippen LogP contribution in [-0.2, 0) is 15.1 Å². The maximum Gasteiger partial charge on any atom is 0.144 e. The van der Waals surface area contributed by atoms with Gasteiger partial charge in [0.1, 0.15) is 11.7 Å². The molecular weight excluding hydrogens is 190 g/mol. The first kappa shape index (κ1) is 9.33. The molecule has 0 radical (unpaired) electrons. The van der Waals surface area contributed by atoms with Crippen molar-refractivity contribution >= 4 is 0 Å². The molecule has 0 amide bonds. The average Bonchev–Trinajstić information content (AvgIpc) is 3.13. The Bertz CT molecular complexity index is 329.